The van der Waals surface area contributed by atoms with E-state index in [-0.39, 0.29) is 18.1 Å². The van der Waals surface area contributed by atoms with Crippen LogP contribution in [-0.4, -0.2) is 30.7 Å². The lowest BCUT2D eigenvalue weighted by Gasteiger charge is -2.26. The van der Waals surface area contributed by atoms with Crippen LogP contribution in [-0.2, 0) is 9.59 Å². The Morgan fingerprint density at radius 1 is 1.00 bits per heavy atom. The van der Waals surface area contributed by atoms with Crippen LogP contribution in [0.25, 0.3) is 5.76 Å². The van der Waals surface area contributed by atoms with E-state index in [4.69, 9.17) is 14.2 Å². The maximum atomic E-state index is 13.2. The van der Waals surface area contributed by atoms with E-state index < -0.39 is 17.7 Å². The minimum absolute atomic E-state index is 0.00513. The van der Waals surface area contributed by atoms with E-state index in [9.17, 15) is 14.7 Å². The van der Waals surface area contributed by atoms with Crippen molar-refractivity contribution in [2.24, 2.45) is 0 Å². The number of aryl methyl sites for hydroxylation is 1. The number of aliphatic hydroxyl groups excluding tert-OH is 1. The van der Waals surface area contributed by atoms with Crippen LogP contribution in [0.3, 0.4) is 0 Å². The predicted octanol–water partition coefficient (Wildman–Crippen LogP) is 4.36. The predicted molar refractivity (Wildman–Crippen MR) is 122 cm³/mol. The molecule has 2 heterocycles. The highest BCUT2D eigenvalue weighted by Gasteiger charge is 2.47. The van der Waals surface area contributed by atoms with Crippen molar-refractivity contribution in [2.75, 3.05) is 18.8 Å². The Kier molecular flexibility index (Phi) is 5.01. The number of ketones is 1. The maximum Gasteiger partial charge on any atom is 0.300 e. The van der Waals surface area contributed by atoms with E-state index in [1.165, 1.54) is 4.90 Å². The molecule has 0 bridgehead atoms. The molecule has 1 fully saturated rings. The molecule has 1 N–H and O–H groups in total. The SMILES string of the molecule is COc1ccc(C2/C(=C(/O)c3ccc4c(c3)OCO4)C(=O)C(=O)N2c2cccc(C)c2)cc1. The van der Waals surface area contributed by atoms with E-state index >= 15 is 0 Å². The molecule has 5 rings (SSSR count). The summed E-state index contributed by atoms with van der Waals surface area (Å²) in [6.07, 6.45) is 0. The smallest absolute Gasteiger partial charge is 0.300 e. The summed E-state index contributed by atoms with van der Waals surface area (Å²) in [5.41, 5.74) is 2.55. The summed E-state index contributed by atoms with van der Waals surface area (Å²) in [4.78, 5) is 27.9. The van der Waals surface area contributed by atoms with E-state index in [0.717, 1.165) is 5.56 Å². The van der Waals surface area contributed by atoms with Gasteiger partial charge in [0.15, 0.2) is 11.5 Å². The number of ether oxygens (including phenoxy) is 3. The van der Waals surface area contributed by atoms with Crippen molar-refractivity contribution in [2.45, 2.75) is 13.0 Å². The minimum Gasteiger partial charge on any atom is -0.507 e. The van der Waals surface area contributed by atoms with Gasteiger partial charge in [-0.15, -0.1) is 0 Å². The fourth-order valence-electron chi connectivity index (χ4n) is 4.18. The van der Waals surface area contributed by atoms with Gasteiger partial charge in [-0.05, 0) is 60.5 Å². The van der Waals surface area contributed by atoms with Crippen molar-refractivity contribution < 1.29 is 28.9 Å². The zero-order chi connectivity index (χ0) is 23.1. The largest absolute Gasteiger partial charge is 0.507 e. The van der Waals surface area contributed by atoms with E-state index in [2.05, 4.69) is 0 Å². The number of nitrogens with zero attached hydrogens (tertiary/aromatic N) is 1. The van der Waals surface area contributed by atoms with Crippen molar-refractivity contribution in [1.82, 2.24) is 0 Å². The molecule has 2 aliphatic heterocycles. The lowest BCUT2D eigenvalue weighted by molar-refractivity contribution is -0.132. The average Bonchev–Trinajstić information content (AvgIpc) is 3.40. The summed E-state index contributed by atoms with van der Waals surface area (Å²) in [7, 11) is 1.56. The third kappa shape index (κ3) is 3.47. The summed E-state index contributed by atoms with van der Waals surface area (Å²) < 4.78 is 16.0. The van der Waals surface area contributed by atoms with Gasteiger partial charge >= 0.3 is 0 Å². The van der Waals surface area contributed by atoms with Crippen LogP contribution >= 0.6 is 0 Å². The Morgan fingerprint density at radius 3 is 2.48 bits per heavy atom. The molecule has 0 spiro atoms. The number of fused-ring (bicyclic) bond motifs is 1. The standard InChI is InChI=1S/C26H21NO6/c1-15-4-3-5-18(12-15)27-23(16-6-9-19(31-2)10-7-16)22(25(29)26(27)30)24(28)17-8-11-20-21(13-17)33-14-32-20/h3-13,23,28H,14H2,1-2H3/b24-22-. The van der Waals surface area contributed by atoms with Crippen LogP contribution in [0, 0.1) is 6.92 Å². The van der Waals surface area contributed by atoms with Gasteiger partial charge in [-0.1, -0.05) is 24.3 Å². The number of rotatable bonds is 4. The molecule has 0 aliphatic carbocycles. The lowest BCUT2D eigenvalue weighted by atomic mass is 9.95. The van der Waals surface area contributed by atoms with Gasteiger partial charge in [0.25, 0.3) is 11.7 Å². The van der Waals surface area contributed by atoms with Gasteiger partial charge in [0, 0.05) is 11.3 Å². The first-order chi connectivity index (χ1) is 16.0. The molecule has 166 valence electrons. The molecule has 1 atom stereocenters. The molecule has 3 aromatic rings. The Labute approximate surface area is 190 Å². The number of carbonyl (C=O) groups excluding carboxylic acids is 2. The first kappa shape index (κ1) is 20.6. The average molecular weight is 443 g/mol. The van der Waals surface area contributed by atoms with Crippen molar-refractivity contribution in [3.63, 3.8) is 0 Å². The first-order valence-electron chi connectivity index (χ1n) is 10.4. The van der Waals surface area contributed by atoms with Gasteiger partial charge in [0.05, 0.1) is 18.7 Å². The van der Waals surface area contributed by atoms with Gasteiger partial charge in [0.2, 0.25) is 6.79 Å². The number of Topliss-reactive ketones (excluding diaryl/α,β-unsaturated/α-hetero) is 1. The second-order valence-corrected chi connectivity index (χ2v) is 7.85. The molecular formula is C26H21NO6. The van der Waals surface area contributed by atoms with Crippen molar-refractivity contribution in [1.29, 1.82) is 0 Å². The number of hydrogen-bond acceptors (Lipinski definition) is 6. The Bertz CT molecular complexity index is 1290. The molecular weight excluding hydrogens is 422 g/mol. The molecule has 7 nitrogen and oxygen atoms in total. The summed E-state index contributed by atoms with van der Waals surface area (Å²) >= 11 is 0. The van der Waals surface area contributed by atoms with Crippen molar-refractivity contribution in [3.05, 3.63) is 89.0 Å². The fourth-order valence-corrected chi connectivity index (χ4v) is 4.18. The maximum absolute atomic E-state index is 13.2. The van der Waals surface area contributed by atoms with Crippen molar-refractivity contribution >= 4 is 23.1 Å². The van der Waals surface area contributed by atoms with Crippen molar-refractivity contribution in [3.8, 4) is 17.2 Å². The zero-order valence-corrected chi connectivity index (χ0v) is 18.1. The number of carbonyl (C=O) groups is 2. The van der Waals surface area contributed by atoms with Crippen LogP contribution in [0.1, 0.15) is 22.7 Å². The second kappa shape index (κ2) is 8.02. The van der Waals surface area contributed by atoms with Gasteiger partial charge in [0.1, 0.15) is 11.5 Å². The van der Waals surface area contributed by atoms with Gasteiger partial charge in [-0.3, -0.25) is 14.5 Å². The Balaban J connectivity index is 1.70. The normalized spacial score (nSPS) is 18.6. The van der Waals surface area contributed by atoms with Crippen LogP contribution < -0.4 is 19.1 Å². The van der Waals surface area contributed by atoms with E-state index in [1.807, 2.05) is 25.1 Å². The van der Waals surface area contributed by atoms with Gasteiger partial charge < -0.3 is 19.3 Å². The molecule has 0 aromatic heterocycles. The molecule has 2 aliphatic rings. The summed E-state index contributed by atoms with van der Waals surface area (Å²) in [5, 5.41) is 11.3. The van der Waals surface area contributed by atoms with Crippen LogP contribution in [0.2, 0.25) is 0 Å². The van der Waals surface area contributed by atoms with Crippen LogP contribution in [0.4, 0.5) is 5.69 Å². The number of methoxy groups -OCH3 is 1. The Morgan fingerprint density at radius 2 is 1.76 bits per heavy atom. The minimum atomic E-state index is -0.817. The third-order valence-corrected chi connectivity index (χ3v) is 5.80. The Hall–Kier alpha value is -4.26. The summed E-state index contributed by atoms with van der Waals surface area (Å²) in [5.74, 6) is -0.0766. The topological polar surface area (TPSA) is 85.3 Å². The molecule has 1 unspecified atom stereocenters. The molecule has 0 radical (unpaired) electrons. The van der Waals surface area contributed by atoms with Gasteiger partial charge in [-0.25, -0.2) is 0 Å². The van der Waals surface area contributed by atoms with E-state index in [1.54, 1.807) is 55.6 Å². The van der Waals surface area contributed by atoms with Gasteiger partial charge in [-0.2, -0.15) is 0 Å². The quantitative estimate of drug-likeness (QED) is 0.366. The number of benzene rings is 3. The lowest BCUT2D eigenvalue weighted by Crippen LogP contribution is -2.29. The monoisotopic (exact) mass is 443 g/mol. The number of anilines is 1. The molecule has 1 saturated heterocycles. The highest BCUT2D eigenvalue weighted by Crippen LogP contribution is 2.43. The summed E-state index contributed by atoms with van der Waals surface area (Å²) in [6.45, 7) is 2.00. The highest BCUT2D eigenvalue weighted by molar-refractivity contribution is 6.51. The molecule has 1 amide bonds. The fraction of sp³-hybridized carbons (Fsp3) is 0.154. The van der Waals surface area contributed by atoms with E-state index in [0.29, 0.717) is 34.1 Å². The number of amides is 1. The number of aliphatic hydroxyl groups is 1. The zero-order valence-electron chi connectivity index (χ0n) is 18.1. The molecule has 3 aromatic carbocycles. The number of hydrogen-bond donors (Lipinski definition) is 1. The molecule has 7 heteroatoms. The highest BCUT2D eigenvalue weighted by atomic mass is 16.7. The van der Waals surface area contributed by atoms with Crippen LogP contribution in [0.15, 0.2) is 72.3 Å². The second-order valence-electron chi connectivity index (χ2n) is 7.85. The first-order valence-corrected chi connectivity index (χ1v) is 10.4. The summed E-state index contributed by atoms with van der Waals surface area (Å²) in [6, 6.07) is 18.5. The van der Waals surface area contributed by atoms with Crippen LogP contribution in [0.5, 0.6) is 17.2 Å². The molecule has 0 saturated carbocycles. The molecule has 33 heavy (non-hydrogen) atoms. The third-order valence-electron chi connectivity index (χ3n) is 5.80.